The Bertz CT molecular complexity index is 399. The van der Waals surface area contributed by atoms with Crippen LogP contribution in [0.3, 0.4) is 0 Å². The molecule has 0 aromatic carbocycles. The molecule has 0 radical (unpaired) electrons. The Morgan fingerprint density at radius 2 is 2.24 bits per heavy atom. The number of quaternary nitrogens is 1. The first-order valence-corrected chi connectivity index (χ1v) is 5.12. The number of hydrogen-bond donors (Lipinski definition) is 2. The zero-order valence-corrected chi connectivity index (χ0v) is 9.34. The molecule has 0 spiro atoms. The van der Waals surface area contributed by atoms with Crippen molar-refractivity contribution in [1.82, 2.24) is 15.1 Å². The first-order valence-electron chi connectivity index (χ1n) is 5.12. The number of carbonyl (C=O) groups is 1. The number of amides is 1. The first-order chi connectivity index (χ1) is 7.90. The van der Waals surface area contributed by atoms with Gasteiger partial charge in [0.05, 0.1) is 13.1 Å². The molecule has 1 aromatic heterocycles. The molecule has 1 heterocycles. The van der Waals surface area contributed by atoms with E-state index in [-0.39, 0.29) is 12.2 Å². The van der Waals surface area contributed by atoms with Crippen molar-refractivity contribution in [2.75, 3.05) is 13.1 Å². The van der Waals surface area contributed by atoms with E-state index in [1.165, 1.54) is 0 Å². The fourth-order valence-electron chi connectivity index (χ4n) is 1.27. The first kappa shape index (κ1) is 13.5. The van der Waals surface area contributed by atoms with Crippen molar-refractivity contribution < 1.29 is 23.7 Å². The quantitative estimate of drug-likeness (QED) is 0.783. The normalized spacial score (nSPS) is 11.6. The van der Waals surface area contributed by atoms with Crippen molar-refractivity contribution >= 4 is 5.91 Å². The summed E-state index contributed by atoms with van der Waals surface area (Å²) in [7, 11) is 0. The minimum Gasteiger partial charge on any atom is -0.356 e. The molecule has 8 heteroatoms. The highest BCUT2D eigenvalue weighted by Crippen LogP contribution is 2.28. The summed E-state index contributed by atoms with van der Waals surface area (Å²) < 4.78 is 38.3. The van der Waals surface area contributed by atoms with Crippen molar-refractivity contribution in [2.45, 2.75) is 19.6 Å². The lowest BCUT2D eigenvalue weighted by molar-refractivity contribution is -0.364. The molecule has 0 saturated heterocycles. The zero-order valence-electron chi connectivity index (χ0n) is 9.34. The number of alkyl halides is 3. The van der Waals surface area contributed by atoms with E-state index < -0.39 is 17.8 Å². The molecule has 0 saturated carbocycles. The minimum absolute atomic E-state index is 0.0896. The molecule has 1 aromatic rings. The molecule has 1 rings (SSSR count). The topological polar surface area (TPSA) is 74.6 Å². The van der Waals surface area contributed by atoms with Gasteiger partial charge in [0.2, 0.25) is 0 Å². The highest BCUT2D eigenvalue weighted by atomic mass is 19.4. The number of aromatic nitrogens is 2. The van der Waals surface area contributed by atoms with Gasteiger partial charge in [-0.2, -0.15) is 18.3 Å². The van der Waals surface area contributed by atoms with Gasteiger partial charge in [0.1, 0.15) is 5.69 Å². The highest BCUT2D eigenvalue weighted by molar-refractivity contribution is 5.92. The third kappa shape index (κ3) is 3.19. The SMILES string of the molecule is CCn1nc(C(F)(F)F)cc1C(=O)NCC[NH3+]. The van der Waals surface area contributed by atoms with Crippen LogP contribution in [0.25, 0.3) is 0 Å². The molecule has 17 heavy (non-hydrogen) atoms. The lowest BCUT2D eigenvalue weighted by Gasteiger charge is -2.04. The second-order valence-corrected chi connectivity index (χ2v) is 3.34. The van der Waals surface area contributed by atoms with Gasteiger partial charge in [0, 0.05) is 12.6 Å². The standard InChI is InChI=1S/C9H13F3N4O/c1-2-16-6(8(17)14-4-3-13)5-7(15-16)9(10,11)12/h5H,2-4,13H2,1H3,(H,14,17)/p+1. The number of nitrogens with zero attached hydrogens (tertiary/aromatic N) is 2. The average Bonchev–Trinajstić information content (AvgIpc) is 2.69. The number of aryl methyl sites for hydroxylation is 1. The summed E-state index contributed by atoms with van der Waals surface area (Å²) in [5.41, 5.74) is 2.38. The summed E-state index contributed by atoms with van der Waals surface area (Å²) in [5, 5.41) is 5.80. The van der Waals surface area contributed by atoms with E-state index in [2.05, 4.69) is 16.1 Å². The van der Waals surface area contributed by atoms with Crippen LogP contribution in [0, 0.1) is 0 Å². The van der Waals surface area contributed by atoms with Crippen molar-refractivity contribution in [2.24, 2.45) is 0 Å². The van der Waals surface area contributed by atoms with Crippen molar-refractivity contribution in [1.29, 1.82) is 0 Å². The van der Waals surface area contributed by atoms with E-state index in [0.717, 1.165) is 10.7 Å². The summed E-state index contributed by atoms with van der Waals surface area (Å²) in [6.07, 6.45) is -4.54. The molecule has 96 valence electrons. The number of carbonyl (C=O) groups excluding carboxylic acids is 1. The van der Waals surface area contributed by atoms with Crippen LogP contribution in [-0.4, -0.2) is 28.8 Å². The van der Waals surface area contributed by atoms with E-state index >= 15 is 0 Å². The average molecular weight is 251 g/mol. The van der Waals surface area contributed by atoms with Gasteiger partial charge in [-0.05, 0) is 6.92 Å². The lowest BCUT2D eigenvalue weighted by atomic mass is 10.3. The van der Waals surface area contributed by atoms with E-state index in [1.54, 1.807) is 6.92 Å². The van der Waals surface area contributed by atoms with Gasteiger partial charge in [0.25, 0.3) is 5.91 Å². The van der Waals surface area contributed by atoms with Crippen LogP contribution in [0.15, 0.2) is 6.07 Å². The molecule has 0 aliphatic rings. The molecular weight excluding hydrogens is 237 g/mol. The van der Waals surface area contributed by atoms with E-state index in [0.29, 0.717) is 13.1 Å². The van der Waals surface area contributed by atoms with Gasteiger partial charge >= 0.3 is 6.18 Å². The van der Waals surface area contributed by atoms with Gasteiger partial charge in [-0.3, -0.25) is 9.48 Å². The van der Waals surface area contributed by atoms with Gasteiger partial charge in [-0.25, -0.2) is 0 Å². The third-order valence-electron chi connectivity index (χ3n) is 2.06. The predicted molar refractivity (Wildman–Crippen MR) is 53.0 cm³/mol. The molecule has 0 aliphatic heterocycles. The number of rotatable bonds is 4. The molecule has 0 bridgehead atoms. The fourth-order valence-corrected chi connectivity index (χ4v) is 1.27. The van der Waals surface area contributed by atoms with Gasteiger partial charge in [0.15, 0.2) is 5.69 Å². The molecule has 1 amide bonds. The Balaban J connectivity index is 2.98. The molecule has 0 atom stereocenters. The number of nitrogens with one attached hydrogen (secondary N) is 1. The van der Waals surface area contributed by atoms with Crippen LogP contribution in [-0.2, 0) is 12.7 Å². The molecule has 0 aliphatic carbocycles. The molecule has 4 N–H and O–H groups in total. The minimum atomic E-state index is -4.54. The van der Waals surface area contributed by atoms with Crippen molar-refractivity contribution in [3.05, 3.63) is 17.5 Å². The predicted octanol–water partition coefficient (Wildman–Crippen LogP) is -0.106. The molecule has 0 fully saturated rings. The lowest BCUT2D eigenvalue weighted by Crippen LogP contribution is -2.55. The Labute approximate surface area is 95.8 Å². The van der Waals surface area contributed by atoms with E-state index in [4.69, 9.17) is 0 Å². The van der Waals surface area contributed by atoms with Crippen LogP contribution in [0.2, 0.25) is 0 Å². The van der Waals surface area contributed by atoms with Crippen molar-refractivity contribution in [3.8, 4) is 0 Å². The van der Waals surface area contributed by atoms with Crippen molar-refractivity contribution in [3.63, 3.8) is 0 Å². The van der Waals surface area contributed by atoms with Crippen LogP contribution in [0.4, 0.5) is 13.2 Å². The van der Waals surface area contributed by atoms with E-state index in [1.807, 2.05) is 0 Å². The fraction of sp³-hybridized carbons (Fsp3) is 0.556. The maximum absolute atomic E-state index is 12.4. The smallest absolute Gasteiger partial charge is 0.356 e. The van der Waals surface area contributed by atoms with E-state index in [9.17, 15) is 18.0 Å². The maximum Gasteiger partial charge on any atom is 0.435 e. The Hall–Kier alpha value is -1.57. The maximum atomic E-state index is 12.4. The van der Waals surface area contributed by atoms with Crippen LogP contribution >= 0.6 is 0 Å². The summed E-state index contributed by atoms with van der Waals surface area (Å²) in [4.78, 5) is 11.6. The highest BCUT2D eigenvalue weighted by Gasteiger charge is 2.35. The van der Waals surface area contributed by atoms with Crippen LogP contribution < -0.4 is 11.1 Å². The monoisotopic (exact) mass is 251 g/mol. The Morgan fingerprint density at radius 3 is 2.71 bits per heavy atom. The summed E-state index contributed by atoms with van der Waals surface area (Å²) >= 11 is 0. The second-order valence-electron chi connectivity index (χ2n) is 3.34. The van der Waals surface area contributed by atoms with Gasteiger partial charge < -0.3 is 11.1 Å². The summed E-state index contributed by atoms with van der Waals surface area (Å²) in [5.74, 6) is -0.571. The van der Waals surface area contributed by atoms with Gasteiger partial charge in [-0.1, -0.05) is 0 Å². The molecule has 5 nitrogen and oxygen atoms in total. The van der Waals surface area contributed by atoms with Gasteiger partial charge in [-0.15, -0.1) is 0 Å². The molecular formula is C9H14F3N4O+. The third-order valence-corrected chi connectivity index (χ3v) is 2.06. The Kier molecular flexibility index (Phi) is 4.11. The number of halogens is 3. The van der Waals surface area contributed by atoms with Crippen LogP contribution in [0.1, 0.15) is 23.1 Å². The Morgan fingerprint density at radius 1 is 1.59 bits per heavy atom. The zero-order chi connectivity index (χ0) is 13.1. The largest absolute Gasteiger partial charge is 0.435 e. The number of hydrogen-bond acceptors (Lipinski definition) is 2. The summed E-state index contributed by atoms with van der Waals surface area (Å²) in [6.45, 7) is 2.60. The second kappa shape index (κ2) is 5.17. The summed E-state index contributed by atoms with van der Waals surface area (Å²) in [6, 6.07) is 0.752. The van der Waals surface area contributed by atoms with Crippen LogP contribution in [0.5, 0.6) is 0 Å². The molecule has 0 unspecified atom stereocenters.